The van der Waals surface area contributed by atoms with E-state index in [1.807, 2.05) is 19.9 Å². The second-order valence-corrected chi connectivity index (χ2v) is 10.2. The van der Waals surface area contributed by atoms with Crippen molar-refractivity contribution in [3.05, 3.63) is 107 Å². The van der Waals surface area contributed by atoms with Crippen LogP contribution < -0.4 is 10.3 Å². The Kier molecular flexibility index (Phi) is 8.13. The van der Waals surface area contributed by atoms with Crippen LogP contribution in [0.3, 0.4) is 0 Å². The lowest BCUT2D eigenvalue weighted by Gasteiger charge is -2.14. The first-order chi connectivity index (χ1) is 17.7. The molecule has 190 valence electrons. The summed E-state index contributed by atoms with van der Waals surface area (Å²) < 4.78 is 21.8. The molecule has 3 aromatic carbocycles. The van der Waals surface area contributed by atoms with Crippen LogP contribution in [0.2, 0.25) is 0 Å². The molecule has 0 spiro atoms. The Balaban J connectivity index is 1.84. The van der Waals surface area contributed by atoms with E-state index in [0.717, 1.165) is 4.47 Å². The van der Waals surface area contributed by atoms with E-state index in [2.05, 4.69) is 41.9 Å². The number of halogens is 3. The molecule has 0 N–H and O–H groups in total. The van der Waals surface area contributed by atoms with Crippen molar-refractivity contribution >= 4 is 54.7 Å². The van der Waals surface area contributed by atoms with E-state index in [1.54, 1.807) is 24.3 Å². The molecule has 37 heavy (non-hydrogen) atoms. The number of nitrogens with zero attached hydrogens (tertiary/aromatic N) is 4. The van der Waals surface area contributed by atoms with Crippen molar-refractivity contribution in [2.45, 2.75) is 32.8 Å². The van der Waals surface area contributed by atoms with Gasteiger partial charge in [0.25, 0.3) is 5.56 Å². The van der Waals surface area contributed by atoms with Gasteiger partial charge < -0.3 is 4.74 Å². The molecule has 11 heteroatoms. The van der Waals surface area contributed by atoms with Crippen LogP contribution in [0, 0.1) is 15.9 Å². The van der Waals surface area contributed by atoms with Gasteiger partial charge in [-0.05, 0) is 48.4 Å². The number of fused-ring (bicyclic) bond motifs is 1. The molecule has 0 saturated carbocycles. The van der Waals surface area contributed by atoms with Gasteiger partial charge in [0.2, 0.25) is 5.75 Å². The summed E-state index contributed by atoms with van der Waals surface area (Å²) in [5.74, 6) is -0.125. The Morgan fingerprint density at radius 1 is 1.19 bits per heavy atom. The Labute approximate surface area is 228 Å². The van der Waals surface area contributed by atoms with Crippen molar-refractivity contribution < 1.29 is 14.1 Å². The lowest BCUT2D eigenvalue weighted by atomic mass is 10.1. The van der Waals surface area contributed by atoms with E-state index in [9.17, 15) is 19.3 Å². The summed E-state index contributed by atoms with van der Waals surface area (Å²) in [6, 6.07) is 13.9. The van der Waals surface area contributed by atoms with Gasteiger partial charge in [0, 0.05) is 26.5 Å². The largest absolute Gasteiger partial charge is 0.481 e. The minimum Gasteiger partial charge on any atom is -0.481 e. The van der Waals surface area contributed by atoms with Gasteiger partial charge in [-0.1, -0.05) is 57.8 Å². The van der Waals surface area contributed by atoms with Crippen LogP contribution in [0.25, 0.3) is 10.9 Å². The Morgan fingerprint density at radius 3 is 2.68 bits per heavy atom. The molecule has 0 aliphatic carbocycles. The highest BCUT2D eigenvalue weighted by Gasteiger charge is 2.21. The summed E-state index contributed by atoms with van der Waals surface area (Å²) in [4.78, 5) is 29.3. The van der Waals surface area contributed by atoms with Crippen LogP contribution in [0.4, 0.5) is 10.1 Å². The van der Waals surface area contributed by atoms with E-state index in [0.29, 0.717) is 33.2 Å². The van der Waals surface area contributed by atoms with E-state index >= 15 is 0 Å². The number of nitro groups is 1. The average molecular weight is 632 g/mol. The molecular weight excluding hydrogens is 611 g/mol. The summed E-state index contributed by atoms with van der Waals surface area (Å²) >= 11 is 6.68. The van der Waals surface area contributed by atoms with E-state index < -0.39 is 10.7 Å². The van der Waals surface area contributed by atoms with Crippen LogP contribution in [-0.4, -0.2) is 20.8 Å². The second-order valence-electron chi connectivity index (χ2n) is 8.32. The molecule has 0 saturated heterocycles. The highest BCUT2D eigenvalue weighted by molar-refractivity contribution is 9.10. The summed E-state index contributed by atoms with van der Waals surface area (Å²) in [5, 5.41) is 16.6. The predicted octanol–water partition coefficient (Wildman–Crippen LogP) is 6.94. The number of hydrogen-bond acceptors (Lipinski definition) is 6. The van der Waals surface area contributed by atoms with Crippen molar-refractivity contribution in [1.82, 2.24) is 9.66 Å². The molecule has 1 heterocycles. The van der Waals surface area contributed by atoms with Crippen molar-refractivity contribution in [3.8, 4) is 5.75 Å². The Morgan fingerprint density at radius 2 is 1.97 bits per heavy atom. The van der Waals surface area contributed by atoms with Crippen LogP contribution in [0.15, 0.2) is 73.4 Å². The predicted molar refractivity (Wildman–Crippen MR) is 147 cm³/mol. The average Bonchev–Trinajstić information content (AvgIpc) is 2.86. The Hall–Kier alpha value is -3.44. The summed E-state index contributed by atoms with van der Waals surface area (Å²) in [6.45, 7) is 3.81. The van der Waals surface area contributed by atoms with Crippen LogP contribution in [0.5, 0.6) is 5.75 Å². The maximum absolute atomic E-state index is 13.6. The topological polar surface area (TPSA) is 99.6 Å². The smallest absolute Gasteiger partial charge is 0.312 e. The van der Waals surface area contributed by atoms with Crippen LogP contribution >= 0.6 is 31.9 Å². The third-order valence-electron chi connectivity index (χ3n) is 5.73. The first-order valence-corrected chi connectivity index (χ1v) is 12.9. The molecule has 0 amide bonds. The number of aromatic nitrogens is 2. The van der Waals surface area contributed by atoms with Crippen molar-refractivity contribution in [2.24, 2.45) is 5.10 Å². The molecule has 0 unspecified atom stereocenters. The summed E-state index contributed by atoms with van der Waals surface area (Å²) in [6.07, 6.45) is 2.05. The van der Waals surface area contributed by atoms with Crippen molar-refractivity contribution in [1.29, 1.82) is 0 Å². The molecule has 0 aliphatic heterocycles. The van der Waals surface area contributed by atoms with Gasteiger partial charge in [-0.25, -0.2) is 9.37 Å². The van der Waals surface area contributed by atoms with E-state index in [4.69, 9.17) is 4.74 Å². The third-order valence-corrected chi connectivity index (χ3v) is 6.68. The zero-order chi connectivity index (χ0) is 26.7. The quantitative estimate of drug-likeness (QED) is 0.119. The fourth-order valence-corrected chi connectivity index (χ4v) is 4.49. The Bertz CT molecular complexity index is 1590. The summed E-state index contributed by atoms with van der Waals surface area (Å²) in [7, 11) is 0. The molecule has 1 atom stereocenters. The number of hydrogen-bond donors (Lipinski definition) is 0. The molecule has 0 aliphatic rings. The number of benzene rings is 3. The first-order valence-electron chi connectivity index (χ1n) is 11.3. The highest BCUT2D eigenvalue weighted by Crippen LogP contribution is 2.34. The molecular formula is C26H21Br2FN4O4. The molecule has 0 fully saturated rings. The highest BCUT2D eigenvalue weighted by atomic mass is 79.9. The number of ether oxygens (including phenoxy) is 1. The first kappa shape index (κ1) is 26.6. The van der Waals surface area contributed by atoms with Crippen LogP contribution in [-0.2, 0) is 6.61 Å². The van der Waals surface area contributed by atoms with E-state index in [1.165, 1.54) is 35.2 Å². The van der Waals surface area contributed by atoms with Crippen molar-refractivity contribution in [3.63, 3.8) is 0 Å². The lowest BCUT2D eigenvalue weighted by Crippen LogP contribution is -2.23. The minimum absolute atomic E-state index is 0.0594. The zero-order valence-electron chi connectivity index (χ0n) is 19.8. The van der Waals surface area contributed by atoms with Gasteiger partial charge >= 0.3 is 5.69 Å². The summed E-state index contributed by atoms with van der Waals surface area (Å²) in [5.41, 5.74) is 0.632. The molecule has 0 bridgehead atoms. The van der Waals surface area contributed by atoms with Gasteiger partial charge in [-0.3, -0.25) is 14.9 Å². The molecule has 4 rings (SSSR count). The van der Waals surface area contributed by atoms with Gasteiger partial charge in [-0.2, -0.15) is 9.78 Å². The zero-order valence-corrected chi connectivity index (χ0v) is 23.0. The second kappa shape index (κ2) is 11.3. The fourth-order valence-electron chi connectivity index (χ4n) is 3.67. The van der Waals surface area contributed by atoms with Gasteiger partial charge in [0.15, 0.2) is 0 Å². The van der Waals surface area contributed by atoms with E-state index in [-0.39, 0.29) is 35.1 Å². The molecule has 0 radical (unpaired) electrons. The van der Waals surface area contributed by atoms with Gasteiger partial charge in [0.1, 0.15) is 18.2 Å². The maximum atomic E-state index is 13.6. The lowest BCUT2D eigenvalue weighted by molar-refractivity contribution is -0.386. The molecule has 1 aromatic heterocycles. The normalized spacial score (nSPS) is 12.2. The maximum Gasteiger partial charge on any atom is 0.312 e. The van der Waals surface area contributed by atoms with Gasteiger partial charge in [0.05, 0.1) is 22.0 Å². The van der Waals surface area contributed by atoms with Crippen LogP contribution in [0.1, 0.15) is 43.1 Å². The minimum atomic E-state index is -0.575. The molecule has 8 nitrogen and oxygen atoms in total. The third kappa shape index (κ3) is 5.94. The number of rotatable bonds is 8. The fraction of sp³-hybridized carbons (Fsp3) is 0.192. The monoisotopic (exact) mass is 630 g/mol. The molecule has 4 aromatic rings. The standard InChI is InChI=1S/C26H21Br2FN4O4/c1-3-15(2)25-31-22-8-7-18(27)11-21(22)26(34)32(25)30-13-17-10-19(28)12-23(33(35)36)24(17)37-14-16-5-4-6-20(29)9-16/h4-13,15H,3,14H2,1-2H3/t15-/m0/s1. The SMILES string of the molecule is CC[C@H](C)c1nc2ccc(Br)cc2c(=O)n1N=Cc1cc(Br)cc([N+](=O)[O-])c1OCc1cccc(F)c1. The van der Waals surface area contributed by atoms with Gasteiger partial charge in [-0.15, -0.1) is 0 Å². The number of nitro benzene ring substituents is 1. The van der Waals surface area contributed by atoms with Crippen molar-refractivity contribution in [2.75, 3.05) is 0 Å².